The number of carbonyl (C=O) groups is 1. The Morgan fingerprint density at radius 2 is 1.89 bits per heavy atom. The first kappa shape index (κ1) is 22.7. The minimum Gasteiger partial charge on any atom is -0.453 e. The number of carbonyl (C=O) groups excluding carboxylic acids is 1. The summed E-state index contributed by atoms with van der Waals surface area (Å²) in [7, 11) is -3.17. The SMILES string of the molecule is C[C@H](Cc1ccc(OC[P+](O)(O)C2=CCCCC2)cc1)NC(=O)OC(C)(C)C. The van der Waals surface area contributed by atoms with Gasteiger partial charge in [0.2, 0.25) is 0 Å². The average molecular weight is 410 g/mol. The maximum Gasteiger partial charge on any atom is 0.407 e. The fourth-order valence-electron chi connectivity index (χ4n) is 3.03. The Morgan fingerprint density at radius 1 is 1.21 bits per heavy atom. The third kappa shape index (κ3) is 7.78. The van der Waals surface area contributed by atoms with Gasteiger partial charge in [-0.1, -0.05) is 12.1 Å². The predicted molar refractivity (Wildman–Crippen MR) is 112 cm³/mol. The van der Waals surface area contributed by atoms with Gasteiger partial charge >= 0.3 is 13.8 Å². The van der Waals surface area contributed by atoms with E-state index in [2.05, 4.69) is 5.32 Å². The van der Waals surface area contributed by atoms with Gasteiger partial charge in [-0.05, 0) is 77.2 Å². The van der Waals surface area contributed by atoms with Crippen LogP contribution >= 0.6 is 7.72 Å². The van der Waals surface area contributed by atoms with Gasteiger partial charge in [0, 0.05) is 12.5 Å². The Bertz CT molecular complexity index is 679. The van der Waals surface area contributed by atoms with Crippen LogP contribution in [0.1, 0.15) is 58.9 Å². The minimum absolute atomic E-state index is 0.0756. The summed E-state index contributed by atoms with van der Waals surface area (Å²) in [5, 5.41) is 3.57. The first-order valence-electron chi connectivity index (χ1n) is 9.79. The molecule has 0 saturated heterocycles. The van der Waals surface area contributed by atoms with E-state index in [1.54, 1.807) is 0 Å². The summed E-state index contributed by atoms with van der Waals surface area (Å²) in [6, 6.07) is 7.37. The standard InChI is InChI=1S/C21H32NO5P/c1-16(22-20(23)27-21(2,3)4)14-17-10-12-18(13-11-17)26-15-28(24,25)19-8-6-5-7-9-19/h8,10-13,16,24-25H,5-7,9,14-15H2,1-4H3/p+1/t16-/m1/s1. The molecular weight excluding hydrogens is 377 g/mol. The maximum absolute atomic E-state index is 11.8. The molecule has 28 heavy (non-hydrogen) atoms. The molecule has 0 aromatic heterocycles. The number of allylic oxidation sites excluding steroid dienone is 2. The van der Waals surface area contributed by atoms with Gasteiger partial charge in [0.1, 0.15) is 16.7 Å². The average Bonchev–Trinajstić information content (AvgIpc) is 2.60. The van der Waals surface area contributed by atoms with Crippen molar-refractivity contribution in [2.45, 2.75) is 71.4 Å². The molecule has 0 spiro atoms. The third-order valence-corrected chi connectivity index (χ3v) is 6.18. The highest BCUT2D eigenvalue weighted by molar-refractivity contribution is 7.68. The van der Waals surface area contributed by atoms with Gasteiger partial charge in [0.25, 0.3) is 6.35 Å². The zero-order chi connectivity index (χ0) is 20.8. The molecule has 1 aromatic carbocycles. The van der Waals surface area contributed by atoms with Crippen molar-refractivity contribution in [1.29, 1.82) is 0 Å². The van der Waals surface area contributed by atoms with E-state index in [4.69, 9.17) is 9.47 Å². The van der Waals surface area contributed by atoms with Crippen LogP contribution in [0.25, 0.3) is 0 Å². The predicted octanol–water partition coefficient (Wildman–Crippen LogP) is 4.77. The van der Waals surface area contributed by atoms with Crippen molar-refractivity contribution in [1.82, 2.24) is 5.32 Å². The summed E-state index contributed by atoms with van der Waals surface area (Å²) in [4.78, 5) is 32.5. The van der Waals surface area contributed by atoms with E-state index >= 15 is 0 Å². The maximum atomic E-state index is 11.8. The lowest BCUT2D eigenvalue weighted by Crippen LogP contribution is -2.38. The number of hydrogen-bond donors (Lipinski definition) is 3. The molecule has 0 unspecified atom stereocenters. The molecule has 1 aromatic rings. The van der Waals surface area contributed by atoms with Crippen LogP contribution in [-0.4, -0.2) is 33.9 Å². The molecule has 0 fully saturated rings. The lowest BCUT2D eigenvalue weighted by molar-refractivity contribution is 0.0508. The summed E-state index contributed by atoms with van der Waals surface area (Å²) in [5.74, 6) is 0.598. The zero-order valence-corrected chi connectivity index (χ0v) is 18.2. The molecule has 1 aliphatic carbocycles. The third-order valence-electron chi connectivity index (χ3n) is 4.37. The Balaban J connectivity index is 1.82. The highest BCUT2D eigenvalue weighted by Crippen LogP contribution is 2.60. The van der Waals surface area contributed by atoms with Gasteiger partial charge < -0.3 is 14.8 Å². The topological polar surface area (TPSA) is 88.0 Å². The highest BCUT2D eigenvalue weighted by atomic mass is 31.2. The normalized spacial score (nSPS) is 16.1. The fraction of sp³-hybridized carbons (Fsp3) is 0.571. The lowest BCUT2D eigenvalue weighted by Gasteiger charge is -2.22. The van der Waals surface area contributed by atoms with Crippen LogP contribution in [0.3, 0.4) is 0 Å². The number of benzene rings is 1. The van der Waals surface area contributed by atoms with Gasteiger partial charge in [0.15, 0.2) is 0 Å². The van der Waals surface area contributed by atoms with Crippen molar-refractivity contribution in [3.63, 3.8) is 0 Å². The molecule has 3 N–H and O–H groups in total. The van der Waals surface area contributed by atoms with Crippen LogP contribution < -0.4 is 10.1 Å². The molecular formula is C21H33NO5P+. The molecule has 1 aliphatic rings. The number of nitrogens with one attached hydrogen (secondary N) is 1. The van der Waals surface area contributed by atoms with Crippen LogP contribution in [0, 0.1) is 0 Å². The van der Waals surface area contributed by atoms with Crippen molar-refractivity contribution >= 4 is 13.8 Å². The van der Waals surface area contributed by atoms with Gasteiger partial charge in [-0.3, -0.25) is 0 Å². The molecule has 0 aliphatic heterocycles. The largest absolute Gasteiger partial charge is 0.453 e. The second kappa shape index (κ2) is 9.73. The number of amides is 1. The van der Waals surface area contributed by atoms with E-state index in [9.17, 15) is 14.6 Å². The van der Waals surface area contributed by atoms with Gasteiger partial charge in [-0.2, -0.15) is 0 Å². The number of alkyl carbamates (subject to hydrolysis) is 1. The van der Waals surface area contributed by atoms with E-state index in [-0.39, 0.29) is 12.4 Å². The summed E-state index contributed by atoms with van der Waals surface area (Å²) >= 11 is 0. The first-order valence-corrected chi connectivity index (χ1v) is 11.7. The molecule has 1 atom stereocenters. The summed E-state index contributed by atoms with van der Waals surface area (Å²) in [6.07, 6.45) is 5.84. The van der Waals surface area contributed by atoms with E-state index in [0.717, 1.165) is 36.6 Å². The van der Waals surface area contributed by atoms with Gasteiger partial charge in [-0.15, -0.1) is 0 Å². The monoisotopic (exact) mass is 410 g/mol. The van der Waals surface area contributed by atoms with Gasteiger partial charge in [-0.25, -0.2) is 14.6 Å². The van der Waals surface area contributed by atoms with E-state index < -0.39 is 19.4 Å². The summed E-state index contributed by atoms with van der Waals surface area (Å²) in [5.41, 5.74) is 0.522. The van der Waals surface area contributed by atoms with Crippen LogP contribution in [0.5, 0.6) is 5.75 Å². The zero-order valence-electron chi connectivity index (χ0n) is 17.3. The van der Waals surface area contributed by atoms with Crippen LogP contribution in [-0.2, 0) is 11.2 Å². The van der Waals surface area contributed by atoms with E-state index in [0.29, 0.717) is 12.2 Å². The summed E-state index contributed by atoms with van der Waals surface area (Å²) in [6.45, 7) is 7.41. The smallest absolute Gasteiger partial charge is 0.407 e. The van der Waals surface area contributed by atoms with E-state index in [1.165, 1.54) is 0 Å². The molecule has 0 radical (unpaired) electrons. The lowest BCUT2D eigenvalue weighted by atomic mass is 10.1. The number of hydrogen-bond acceptors (Lipinski definition) is 5. The van der Waals surface area contributed by atoms with Crippen LogP contribution in [0.2, 0.25) is 0 Å². The van der Waals surface area contributed by atoms with Crippen LogP contribution in [0.4, 0.5) is 4.79 Å². The van der Waals surface area contributed by atoms with Crippen molar-refractivity contribution in [3.05, 3.63) is 41.2 Å². The molecule has 2 rings (SSSR count). The first-order chi connectivity index (χ1) is 13.0. The molecule has 0 saturated carbocycles. The Morgan fingerprint density at radius 3 is 2.46 bits per heavy atom. The van der Waals surface area contributed by atoms with Gasteiger partial charge in [0.05, 0.1) is 0 Å². The Kier molecular flexibility index (Phi) is 7.87. The molecule has 0 bridgehead atoms. The molecule has 6 nitrogen and oxygen atoms in total. The number of rotatable bonds is 7. The molecule has 1 amide bonds. The van der Waals surface area contributed by atoms with E-state index in [1.807, 2.05) is 58.0 Å². The summed E-state index contributed by atoms with van der Waals surface area (Å²) < 4.78 is 10.9. The van der Waals surface area contributed by atoms with Crippen LogP contribution in [0.15, 0.2) is 35.7 Å². The van der Waals surface area contributed by atoms with Crippen molar-refractivity contribution < 1.29 is 24.1 Å². The quantitative estimate of drug-likeness (QED) is 0.564. The molecule has 0 heterocycles. The Labute approximate surface area is 168 Å². The molecule has 7 heteroatoms. The second-order valence-corrected chi connectivity index (χ2v) is 10.6. The second-order valence-electron chi connectivity index (χ2n) is 8.34. The Hall–Kier alpha value is -1.62. The number of ether oxygens (including phenoxy) is 2. The van der Waals surface area contributed by atoms with Crippen molar-refractivity contribution in [2.75, 3.05) is 6.35 Å². The minimum atomic E-state index is -3.17. The van der Waals surface area contributed by atoms with Crippen molar-refractivity contribution in [3.8, 4) is 5.75 Å². The highest BCUT2D eigenvalue weighted by Gasteiger charge is 2.40. The van der Waals surface area contributed by atoms with Crippen molar-refractivity contribution in [2.24, 2.45) is 0 Å². The fourth-order valence-corrected chi connectivity index (χ4v) is 4.46. The molecule has 156 valence electrons.